The Kier molecular flexibility index (Phi) is 3.29. The Balaban J connectivity index is 3.35. The van der Waals surface area contributed by atoms with Gasteiger partial charge in [0.05, 0.1) is 18.7 Å². The lowest BCUT2D eigenvalue weighted by Crippen LogP contribution is -2.07. The summed E-state index contributed by atoms with van der Waals surface area (Å²) in [5.74, 6) is -1.78. The lowest BCUT2D eigenvalue weighted by molar-refractivity contribution is -0.389. The fourth-order valence-corrected chi connectivity index (χ4v) is 1.03. The molecule has 0 aromatic carbocycles. The maximum absolute atomic E-state index is 11.2. The fraction of sp³-hybridized carbons (Fsp3) is 0.222. The molecule has 0 aliphatic carbocycles. The first-order valence-electron chi connectivity index (χ1n) is 4.21. The lowest BCUT2D eigenvalue weighted by Gasteiger charge is -1.99. The van der Waals surface area contributed by atoms with Crippen LogP contribution in [-0.4, -0.2) is 28.8 Å². The second kappa shape index (κ2) is 4.47. The molecule has 0 saturated carbocycles. The van der Waals surface area contributed by atoms with E-state index in [0.29, 0.717) is 0 Å². The van der Waals surface area contributed by atoms with Crippen molar-refractivity contribution in [2.75, 3.05) is 7.11 Å². The summed E-state index contributed by atoms with van der Waals surface area (Å²) < 4.78 is 4.41. The zero-order chi connectivity index (χ0) is 12.3. The monoisotopic (exact) mass is 224 g/mol. The van der Waals surface area contributed by atoms with Crippen LogP contribution in [0.2, 0.25) is 0 Å². The Labute approximate surface area is 90.2 Å². The minimum atomic E-state index is -0.779. The van der Waals surface area contributed by atoms with E-state index < -0.39 is 22.5 Å². The minimum Gasteiger partial charge on any atom is -0.465 e. The van der Waals surface area contributed by atoms with Crippen LogP contribution in [-0.2, 0) is 4.74 Å². The van der Waals surface area contributed by atoms with E-state index in [0.717, 1.165) is 19.2 Å². The molecule has 7 nitrogen and oxygen atoms in total. The number of pyridine rings is 1. The van der Waals surface area contributed by atoms with E-state index in [1.54, 1.807) is 0 Å². The van der Waals surface area contributed by atoms with Gasteiger partial charge in [-0.2, -0.15) is 0 Å². The number of nitrogens with zero attached hydrogens (tertiary/aromatic N) is 2. The number of carbonyl (C=O) groups is 2. The Bertz CT molecular complexity index is 437. The summed E-state index contributed by atoms with van der Waals surface area (Å²) in [6.07, 6.45) is 0. The highest BCUT2D eigenvalue weighted by Gasteiger charge is 2.19. The predicted molar refractivity (Wildman–Crippen MR) is 52.2 cm³/mol. The molecule has 1 aromatic rings. The summed E-state index contributed by atoms with van der Waals surface area (Å²) in [6.45, 7) is 1.20. The standard InChI is InChI=1S/C9H8N2O5/c1-5(12)7-3-6(9(13)16-2)4-8(10-7)11(14)15/h3-4H,1-2H3. The second-order valence-electron chi connectivity index (χ2n) is 2.90. The molecule has 16 heavy (non-hydrogen) atoms. The molecular formula is C9H8N2O5. The van der Waals surface area contributed by atoms with Crippen molar-refractivity contribution in [3.63, 3.8) is 0 Å². The summed E-state index contributed by atoms with van der Waals surface area (Å²) in [5, 5.41) is 10.5. The number of aromatic nitrogens is 1. The van der Waals surface area contributed by atoms with Gasteiger partial charge >= 0.3 is 11.8 Å². The molecule has 1 aromatic heterocycles. The van der Waals surface area contributed by atoms with Crippen LogP contribution in [0, 0.1) is 10.1 Å². The lowest BCUT2D eigenvalue weighted by atomic mass is 10.2. The number of hydrogen-bond donors (Lipinski definition) is 0. The third-order valence-electron chi connectivity index (χ3n) is 1.78. The van der Waals surface area contributed by atoms with Crippen LogP contribution in [0.3, 0.4) is 0 Å². The van der Waals surface area contributed by atoms with Gasteiger partial charge in [-0.05, 0) is 9.91 Å². The maximum Gasteiger partial charge on any atom is 0.365 e. The largest absolute Gasteiger partial charge is 0.465 e. The highest BCUT2D eigenvalue weighted by molar-refractivity contribution is 5.96. The molecule has 0 fully saturated rings. The summed E-state index contributed by atoms with van der Waals surface area (Å²) in [5.41, 5.74) is -0.219. The van der Waals surface area contributed by atoms with Crippen LogP contribution in [0.5, 0.6) is 0 Å². The van der Waals surface area contributed by atoms with Gasteiger partial charge in [-0.25, -0.2) is 4.79 Å². The van der Waals surface area contributed by atoms with E-state index in [-0.39, 0.29) is 11.3 Å². The third-order valence-corrected chi connectivity index (χ3v) is 1.78. The average Bonchev–Trinajstić information content (AvgIpc) is 2.27. The fourth-order valence-electron chi connectivity index (χ4n) is 1.03. The number of ketones is 1. The van der Waals surface area contributed by atoms with E-state index >= 15 is 0 Å². The van der Waals surface area contributed by atoms with E-state index in [1.165, 1.54) is 6.92 Å². The first-order chi connectivity index (χ1) is 7.45. The molecule has 0 aliphatic rings. The number of carbonyl (C=O) groups excluding carboxylic acids is 2. The van der Waals surface area contributed by atoms with Gasteiger partial charge in [0.1, 0.15) is 0 Å². The molecule has 0 amide bonds. The highest BCUT2D eigenvalue weighted by Crippen LogP contribution is 2.14. The number of rotatable bonds is 3. The van der Waals surface area contributed by atoms with Gasteiger partial charge in [0, 0.05) is 13.0 Å². The van der Waals surface area contributed by atoms with Gasteiger partial charge in [-0.3, -0.25) is 4.79 Å². The van der Waals surface area contributed by atoms with E-state index in [2.05, 4.69) is 9.72 Å². The summed E-state index contributed by atoms with van der Waals surface area (Å²) in [6, 6.07) is 2.11. The first kappa shape index (κ1) is 11.8. The number of ether oxygens (including phenoxy) is 1. The summed E-state index contributed by atoms with van der Waals surface area (Å²) in [4.78, 5) is 35.5. The Morgan fingerprint density at radius 3 is 2.50 bits per heavy atom. The second-order valence-corrected chi connectivity index (χ2v) is 2.90. The average molecular weight is 224 g/mol. The molecule has 0 aliphatic heterocycles. The van der Waals surface area contributed by atoms with Crippen molar-refractivity contribution in [3.05, 3.63) is 33.5 Å². The Morgan fingerprint density at radius 1 is 1.44 bits per heavy atom. The molecule has 0 unspecified atom stereocenters. The molecule has 0 bridgehead atoms. The first-order valence-corrected chi connectivity index (χ1v) is 4.21. The van der Waals surface area contributed by atoms with Gasteiger partial charge < -0.3 is 14.9 Å². The van der Waals surface area contributed by atoms with Crippen LogP contribution in [0.25, 0.3) is 0 Å². The molecule has 1 rings (SSSR count). The van der Waals surface area contributed by atoms with Crippen molar-refractivity contribution in [2.45, 2.75) is 6.92 Å². The number of methoxy groups -OCH3 is 1. The molecule has 0 radical (unpaired) electrons. The maximum atomic E-state index is 11.2. The van der Waals surface area contributed by atoms with Crippen LogP contribution < -0.4 is 0 Å². The van der Waals surface area contributed by atoms with Crippen molar-refractivity contribution < 1.29 is 19.2 Å². The topological polar surface area (TPSA) is 99.4 Å². The normalized spacial score (nSPS) is 9.62. The van der Waals surface area contributed by atoms with E-state index in [4.69, 9.17) is 0 Å². The molecule has 84 valence electrons. The number of nitro groups is 1. The zero-order valence-electron chi connectivity index (χ0n) is 8.59. The minimum absolute atomic E-state index is 0.0746. The smallest absolute Gasteiger partial charge is 0.365 e. The molecule has 0 spiro atoms. The third kappa shape index (κ3) is 2.38. The van der Waals surface area contributed by atoms with Crippen molar-refractivity contribution >= 4 is 17.6 Å². The Hall–Kier alpha value is -2.31. The molecule has 0 N–H and O–H groups in total. The van der Waals surface area contributed by atoms with Gasteiger partial charge in [-0.1, -0.05) is 0 Å². The predicted octanol–water partition coefficient (Wildman–Crippen LogP) is 0.979. The number of esters is 1. The molecule has 1 heterocycles. The van der Waals surface area contributed by atoms with Crippen molar-refractivity contribution in [1.82, 2.24) is 4.98 Å². The molecule has 0 saturated heterocycles. The molecule has 0 atom stereocenters. The highest BCUT2D eigenvalue weighted by atomic mass is 16.6. The van der Waals surface area contributed by atoms with Crippen molar-refractivity contribution in [3.8, 4) is 0 Å². The van der Waals surface area contributed by atoms with Crippen LogP contribution in [0.15, 0.2) is 12.1 Å². The van der Waals surface area contributed by atoms with Crippen LogP contribution in [0.4, 0.5) is 5.82 Å². The summed E-state index contributed by atoms with van der Waals surface area (Å²) >= 11 is 0. The number of hydrogen-bond acceptors (Lipinski definition) is 6. The molecule has 7 heteroatoms. The zero-order valence-corrected chi connectivity index (χ0v) is 8.59. The quantitative estimate of drug-likeness (QED) is 0.328. The van der Waals surface area contributed by atoms with Gasteiger partial charge in [-0.15, -0.1) is 0 Å². The van der Waals surface area contributed by atoms with Crippen molar-refractivity contribution in [2.24, 2.45) is 0 Å². The van der Waals surface area contributed by atoms with Gasteiger partial charge in [0.15, 0.2) is 0 Å². The number of Topliss-reactive ketones (excluding diaryl/α,β-unsaturated/α-hetero) is 1. The van der Waals surface area contributed by atoms with Crippen LogP contribution >= 0.6 is 0 Å². The summed E-state index contributed by atoms with van der Waals surface area (Å²) in [7, 11) is 1.14. The van der Waals surface area contributed by atoms with Gasteiger partial charge in [0.2, 0.25) is 11.5 Å². The van der Waals surface area contributed by atoms with Gasteiger partial charge in [0.25, 0.3) is 0 Å². The van der Waals surface area contributed by atoms with E-state index in [1.807, 2.05) is 0 Å². The van der Waals surface area contributed by atoms with E-state index in [9.17, 15) is 19.7 Å². The SMILES string of the molecule is COC(=O)c1cc(C(C)=O)nc([N+](=O)[O-])c1. The van der Waals surface area contributed by atoms with Crippen molar-refractivity contribution in [1.29, 1.82) is 0 Å². The Morgan fingerprint density at radius 2 is 2.06 bits per heavy atom. The van der Waals surface area contributed by atoms with Crippen LogP contribution in [0.1, 0.15) is 27.8 Å². The molecular weight excluding hydrogens is 216 g/mol.